The normalized spacial score (nSPS) is 10.5. The maximum Gasteiger partial charge on any atom is 0.319 e. The Morgan fingerprint density at radius 3 is 2.53 bits per heavy atom. The van der Waals surface area contributed by atoms with Gasteiger partial charge in [0.05, 0.1) is 11.3 Å². The van der Waals surface area contributed by atoms with E-state index in [0.29, 0.717) is 11.3 Å². The lowest BCUT2D eigenvalue weighted by Crippen LogP contribution is -2.43. The van der Waals surface area contributed by atoms with E-state index < -0.39 is 0 Å². The predicted octanol–water partition coefficient (Wildman–Crippen LogP) is 2.79. The van der Waals surface area contributed by atoms with Crippen LogP contribution in [0.2, 0.25) is 0 Å². The fourth-order valence-electron chi connectivity index (χ4n) is 1.41. The van der Waals surface area contributed by atoms with Crippen LogP contribution in [0.3, 0.4) is 0 Å². The van der Waals surface area contributed by atoms with E-state index in [0.717, 1.165) is 5.56 Å². The van der Waals surface area contributed by atoms with Gasteiger partial charge in [-0.1, -0.05) is 12.1 Å². The Morgan fingerprint density at radius 2 is 2.00 bits per heavy atom. The highest BCUT2D eigenvalue weighted by Crippen LogP contribution is 2.18. The largest absolute Gasteiger partial charge is 0.333 e. The third-order valence-electron chi connectivity index (χ3n) is 2.12. The number of aryl methyl sites for hydroxylation is 1. The molecule has 0 aromatic heterocycles. The van der Waals surface area contributed by atoms with Crippen molar-refractivity contribution in [2.75, 3.05) is 5.32 Å². The van der Waals surface area contributed by atoms with Crippen molar-refractivity contribution in [2.45, 2.75) is 33.2 Å². The maximum atomic E-state index is 11.7. The van der Waals surface area contributed by atoms with Crippen molar-refractivity contribution in [3.63, 3.8) is 0 Å². The Hall–Kier alpha value is -2.02. The standard InChI is InChI=1S/C13H17N3O/c1-9-6-5-7-11(10(9)8-14)15-12(17)16-13(2,3)4/h5-7H,1-4H3,(H2,15,16,17). The molecule has 2 N–H and O–H groups in total. The van der Waals surface area contributed by atoms with Crippen LogP contribution in [0, 0.1) is 18.3 Å². The zero-order chi connectivity index (χ0) is 13.1. The van der Waals surface area contributed by atoms with Crippen molar-refractivity contribution in [1.29, 1.82) is 5.26 Å². The van der Waals surface area contributed by atoms with Crippen molar-refractivity contribution < 1.29 is 4.79 Å². The molecule has 0 radical (unpaired) electrons. The van der Waals surface area contributed by atoms with Gasteiger partial charge in [0.2, 0.25) is 0 Å². The number of hydrogen-bond donors (Lipinski definition) is 2. The van der Waals surface area contributed by atoms with Crippen LogP contribution in [0.15, 0.2) is 18.2 Å². The molecule has 0 aliphatic rings. The number of anilines is 1. The highest BCUT2D eigenvalue weighted by Gasteiger charge is 2.15. The van der Waals surface area contributed by atoms with Crippen LogP contribution in [0.25, 0.3) is 0 Å². The van der Waals surface area contributed by atoms with Gasteiger partial charge in [-0.25, -0.2) is 4.79 Å². The van der Waals surface area contributed by atoms with Crippen molar-refractivity contribution in [3.8, 4) is 6.07 Å². The van der Waals surface area contributed by atoms with E-state index >= 15 is 0 Å². The summed E-state index contributed by atoms with van der Waals surface area (Å²) in [6.45, 7) is 7.53. The maximum absolute atomic E-state index is 11.7. The first-order valence-electron chi connectivity index (χ1n) is 5.42. The Morgan fingerprint density at radius 1 is 1.35 bits per heavy atom. The second-order valence-electron chi connectivity index (χ2n) is 4.94. The summed E-state index contributed by atoms with van der Waals surface area (Å²) in [4.78, 5) is 11.7. The molecule has 0 atom stereocenters. The second kappa shape index (κ2) is 4.88. The summed E-state index contributed by atoms with van der Waals surface area (Å²) < 4.78 is 0. The highest BCUT2D eigenvalue weighted by atomic mass is 16.2. The fourth-order valence-corrected chi connectivity index (χ4v) is 1.41. The van der Waals surface area contributed by atoms with E-state index in [2.05, 4.69) is 16.7 Å². The first kappa shape index (κ1) is 13.0. The molecule has 0 saturated heterocycles. The van der Waals surface area contributed by atoms with Gasteiger partial charge in [-0.3, -0.25) is 0 Å². The average molecular weight is 231 g/mol. The summed E-state index contributed by atoms with van der Waals surface area (Å²) in [5.74, 6) is 0. The van der Waals surface area contributed by atoms with E-state index in [1.807, 2.05) is 39.8 Å². The number of nitrogens with one attached hydrogen (secondary N) is 2. The van der Waals surface area contributed by atoms with Gasteiger partial charge in [0.1, 0.15) is 6.07 Å². The van der Waals surface area contributed by atoms with E-state index in [1.165, 1.54) is 0 Å². The van der Waals surface area contributed by atoms with Crippen LogP contribution in [0.4, 0.5) is 10.5 Å². The molecule has 4 nitrogen and oxygen atoms in total. The van der Waals surface area contributed by atoms with Gasteiger partial charge in [-0.2, -0.15) is 5.26 Å². The summed E-state index contributed by atoms with van der Waals surface area (Å²) in [5, 5.41) is 14.5. The molecule has 1 rings (SSSR count). The predicted molar refractivity (Wildman–Crippen MR) is 67.8 cm³/mol. The number of nitriles is 1. The molecule has 0 bridgehead atoms. The number of nitrogens with zero attached hydrogens (tertiary/aromatic N) is 1. The number of carbonyl (C=O) groups is 1. The first-order valence-corrected chi connectivity index (χ1v) is 5.42. The SMILES string of the molecule is Cc1cccc(NC(=O)NC(C)(C)C)c1C#N. The number of amides is 2. The summed E-state index contributed by atoms with van der Waals surface area (Å²) in [7, 11) is 0. The molecule has 0 aliphatic carbocycles. The van der Waals surface area contributed by atoms with Crippen molar-refractivity contribution >= 4 is 11.7 Å². The van der Waals surface area contributed by atoms with Gasteiger partial charge >= 0.3 is 6.03 Å². The second-order valence-corrected chi connectivity index (χ2v) is 4.94. The molecule has 0 fully saturated rings. The van der Waals surface area contributed by atoms with E-state index in [4.69, 9.17) is 5.26 Å². The van der Waals surface area contributed by atoms with Crippen LogP contribution < -0.4 is 10.6 Å². The van der Waals surface area contributed by atoms with Crippen molar-refractivity contribution in [1.82, 2.24) is 5.32 Å². The van der Waals surface area contributed by atoms with Gasteiger partial charge in [0.25, 0.3) is 0 Å². The molecular weight excluding hydrogens is 214 g/mol. The summed E-state index contributed by atoms with van der Waals surface area (Å²) >= 11 is 0. The summed E-state index contributed by atoms with van der Waals surface area (Å²) in [6, 6.07) is 7.15. The number of benzene rings is 1. The quantitative estimate of drug-likeness (QED) is 0.780. The topological polar surface area (TPSA) is 64.9 Å². The van der Waals surface area contributed by atoms with Gasteiger partial charge in [-0.15, -0.1) is 0 Å². The summed E-state index contributed by atoms with van der Waals surface area (Å²) in [5.41, 5.74) is 1.58. The monoisotopic (exact) mass is 231 g/mol. The molecule has 4 heteroatoms. The molecule has 17 heavy (non-hydrogen) atoms. The van der Waals surface area contributed by atoms with Crippen LogP contribution >= 0.6 is 0 Å². The molecule has 0 aliphatic heterocycles. The lowest BCUT2D eigenvalue weighted by Gasteiger charge is -2.21. The van der Waals surface area contributed by atoms with Crippen LogP contribution in [-0.4, -0.2) is 11.6 Å². The van der Waals surface area contributed by atoms with Crippen LogP contribution in [-0.2, 0) is 0 Å². The molecule has 0 heterocycles. The van der Waals surface area contributed by atoms with Gasteiger partial charge in [-0.05, 0) is 39.3 Å². The fraction of sp³-hybridized carbons (Fsp3) is 0.385. The van der Waals surface area contributed by atoms with E-state index in [-0.39, 0.29) is 11.6 Å². The highest BCUT2D eigenvalue weighted by molar-refractivity contribution is 5.91. The number of carbonyl (C=O) groups excluding carboxylic acids is 1. The summed E-state index contributed by atoms with van der Waals surface area (Å²) in [6.07, 6.45) is 0. The Balaban J connectivity index is 2.87. The molecular formula is C13H17N3O. The van der Waals surface area contributed by atoms with Gasteiger partial charge in [0.15, 0.2) is 0 Å². The molecule has 0 unspecified atom stereocenters. The molecule has 0 saturated carbocycles. The van der Waals surface area contributed by atoms with Crippen LogP contribution in [0.1, 0.15) is 31.9 Å². The van der Waals surface area contributed by atoms with E-state index in [9.17, 15) is 4.79 Å². The number of hydrogen-bond acceptors (Lipinski definition) is 2. The number of urea groups is 1. The zero-order valence-electron chi connectivity index (χ0n) is 10.6. The number of rotatable bonds is 1. The van der Waals surface area contributed by atoms with Gasteiger partial charge in [0, 0.05) is 5.54 Å². The third kappa shape index (κ3) is 3.80. The van der Waals surface area contributed by atoms with E-state index in [1.54, 1.807) is 6.07 Å². The molecule has 90 valence electrons. The minimum atomic E-state index is -0.306. The molecule has 0 spiro atoms. The lowest BCUT2D eigenvalue weighted by molar-refractivity contribution is 0.244. The van der Waals surface area contributed by atoms with Crippen LogP contribution in [0.5, 0.6) is 0 Å². The molecule has 1 aromatic carbocycles. The molecule has 1 aromatic rings. The minimum absolute atomic E-state index is 0.305. The third-order valence-corrected chi connectivity index (χ3v) is 2.12. The Labute approximate surface area is 102 Å². The minimum Gasteiger partial charge on any atom is -0.333 e. The van der Waals surface area contributed by atoms with Gasteiger partial charge < -0.3 is 10.6 Å². The first-order chi connectivity index (χ1) is 7.83. The smallest absolute Gasteiger partial charge is 0.319 e. The lowest BCUT2D eigenvalue weighted by atomic mass is 10.1. The Bertz CT molecular complexity index is 467. The average Bonchev–Trinajstić information content (AvgIpc) is 2.14. The molecule has 2 amide bonds. The zero-order valence-corrected chi connectivity index (χ0v) is 10.6. The Kier molecular flexibility index (Phi) is 3.74. The van der Waals surface area contributed by atoms with Crippen molar-refractivity contribution in [2.24, 2.45) is 0 Å². The van der Waals surface area contributed by atoms with Crippen molar-refractivity contribution in [3.05, 3.63) is 29.3 Å².